The van der Waals surface area contributed by atoms with Crippen molar-refractivity contribution in [3.63, 3.8) is 0 Å². The van der Waals surface area contributed by atoms with Crippen molar-refractivity contribution in [2.75, 3.05) is 6.61 Å². The third-order valence-electron chi connectivity index (χ3n) is 5.16. The fourth-order valence-electron chi connectivity index (χ4n) is 3.60. The number of para-hydroxylation sites is 1. The molecule has 0 aliphatic rings. The Balaban J connectivity index is 1.66. The van der Waals surface area contributed by atoms with Crippen molar-refractivity contribution in [1.29, 1.82) is 0 Å². The van der Waals surface area contributed by atoms with Crippen LogP contribution in [0.2, 0.25) is 5.02 Å². The highest BCUT2D eigenvalue weighted by atomic mass is 35.5. The van der Waals surface area contributed by atoms with E-state index < -0.39 is 23.2 Å². The zero-order chi connectivity index (χ0) is 23.8. The summed E-state index contributed by atoms with van der Waals surface area (Å²) >= 11 is 7.31. The molecule has 2 aromatic heterocycles. The lowest BCUT2D eigenvalue weighted by molar-refractivity contribution is 0.0919. The van der Waals surface area contributed by atoms with Crippen LogP contribution < -0.4 is 4.74 Å². The van der Waals surface area contributed by atoms with E-state index in [1.165, 1.54) is 40.2 Å². The number of thiazole rings is 1. The molecule has 0 aliphatic heterocycles. The van der Waals surface area contributed by atoms with Crippen LogP contribution >= 0.6 is 22.9 Å². The smallest absolute Gasteiger partial charge is 0.242 e. The third-order valence-corrected chi connectivity index (χ3v) is 6.40. The van der Waals surface area contributed by atoms with Crippen molar-refractivity contribution < 1.29 is 24.1 Å². The second kappa shape index (κ2) is 8.81. The molecule has 0 atom stereocenters. The van der Waals surface area contributed by atoms with Gasteiger partial charge in [-0.3, -0.25) is 9.36 Å². The largest absolute Gasteiger partial charge is 0.503 e. The molecule has 0 radical (unpaired) electrons. The summed E-state index contributed by atoms with van der Waals surface area (Å²) in [4.78, 5) is 17.7. The summed E-state index contributed by atoms with van der Waals surface area (Å²) in [5, 5.41) is 22.5. The van der Waals surface area contributed by atoms with Gasteiger partial charge in [-0.15, -0.1) is 0 Å². The zero-order valence-electron chi connectivity index (χ0n) is 17.4. The molecule has 34 heavy (non-hydrogen) atoms. The summed E-state index contributed by atoms with van der Waals surface area (Å²) in [5.41, 5.74) is 1.04. The van der Waals surface area contributed by atoms with Crippen LogP contribution in [0.3, 0.4) is 0 Å². The Morgan fingerprint density at radius 1 is 1.06 bits per heavy atom. The number of Topliss-reactive ketones (excluding diaryl/α,β-unsaturated/α-hetero) is 1. The normalized spacial score (nSPS) is 11.1. The van der Waals surface area contributed by atoms with E-state index in [9.17, 15) is 19.4 Å². The quantitative estimate of drug-likeness (QED) is 0.274. The molecule has 0 amide bonds. The first-order valence-electron chi connectivity index (χ1n) is 10.1. The van der Waals surface area contributed by atoms with Crippen molar-refractivity contribution in [2.45, 2.75) is 0 Å². The Bertz CT molecular complexity index is 1510. The summed E-state index contributed by atoms with van der Waals surface area (Å²) in [6, 6.07) is 19.3. The number of benzene rings is 3. The number of halogens is 2. The Morgan fingerprint density at radius 2 is 1.79 bits per heavy atom. The molecule has 0 unspecified atom stereocenters. The van der Waals surface area contributed by atoms with Gasteiger partial charge in [0, 0.05) is 5.02 Å². The van der Waals surface area contributed by atoms with Gasteiger partial charge >= 0.3 is 0 Å². The number of aromatic hydroxyl groups is 2. The molecule has 0 fully saturated rings. The highest BCUT2D eigenvalue weighted by molar-refractivity contribution is 7.20. The summed E-state index contributed by atoms with van der Waals surface area (Å²) < 4.78 is 21.2. The molecule has 3 aromatic carbocycles. The highest BCUT2D eigenvalue weighted by Crippen LogP contribution is 2.44. The van der Waals surface area contributed by atoms with Crippen LogP contribution in [-0.4, -0.2) is 32.2 Å². The number of nitrogens with zero attached hydrogens (tertiary/aromatic N) is 2. The predicted molar refractivity (Wildman–Crippen MR) is 129 cm³/mol. The van der Waals surface area contributed by atoms with Crippen molar-refractivity contribution in [1.82, 2.24) is 9.55 Å². The van der Waals surface area contributed by atoms with Crippen molar-refractivity contribution in [3.8, 4) is 33.8 Å². The topological polar surface area (TPSA) is 84.6 Å². The van der Waals surface area contributed by atoms with E-state index in [2.05, 4.69) is 4.98 Å². The highest BCUT2D eigenvalue weighted by Gasteiger charge is 2.30. The molecule has 0 saturated heterocycles. The Hall–Kier alpha value is -3.88. The predicted octanol–water partition coefficient (Wildman–Crippen LogP) is 6.22. The maximum atomic E-state index is 13.6. The van der Waals surface area contributed by atoms with E-state index in [0.717, 1.165) is 4.70 Å². The Kier molecular flexibility index (Phi) is 5.69. The number of hydrogen-bond acceptors (Lipinski definition) is 6. The monoisotopic (exact) mass is 494 g/mol. The number of fused-ring (bicyclic) bond motifs is 1. The number of ketones is 1. The number of ether oxygens (including phenoxy) is 1. The summed E-state index contributed by atoms with van der Waals surface area (Å²) in [6.07, 6.45) is 0. The first-order valence-corrected chi connectivity index (χ1v) is 11.3. The van der Waals surface area contributed by atoms with Gasteiger partial charge in [0.15, 0.2) is 17.5 Å². The van der Waals surface area contributed by atoms with Gasteiger partial charge in [0.1, 0.15) is 11.6 Å². The van der Waals surface area contributed by atoms with Gasteiger partial charge in [-0.25, -0.2) is 9.37 Å². The standard InChI is InChI=1S/C25H16ClFN2O4S/c26-15-8-11-18-20(12-15)34-25(28-18)29-22(14-6-9-16(27)10-7-14)21(23(31)24(29)32)19(30)13-33-17-4-2-1-3-5-17/h1-12,31-32H,13H2. The van der Waals surface area contributed by atoms with Crippen LogP contribution in [0.15, 0.2) is 72.8 Å². The number of aromatic nitrogens is 2. The van der Waals surface area contributed by atoms with E-state index in [4.69, 9.17) is 16.3 Å². The van der Waals surface area contributed by atoms with Gasteiger partial charge in [0.25, 0.3) is 0 Å². The lowest BCUT2D eigenvalue weighted by Gasteiger charge is -2.10. The van der Waals surface area contributed by atoms with E-state index >= 15 is 0 Å². The minimum Gasteiger partial charge on any atom is -0.503 e. The molecule has 9 heteroatoms. The van der Waals surface area contributed by atoms with E-state index in [1.807, 2.05) is 6.07 Å². The summed E-state index contributed by atoms with van der Waals surface area (Å²) in [7, 11) is 0. The Labute approximate surface area is 202 Å². The molecule has 0 bridgehead atoms. The number of carbonyl (C=O) groups is 1. The maximum Gasteiger partial charge on any atom is 0.242 e. The van der Waals surface area contributed by atoms with E-state index in [1.54, 1.807) is 42.5 Å². The van der Waals surface area contributed by atoms with Gasteiger partial charge in [-0.05, 0) is 60.2 Å². The van der Waals surface area contributed by atoms with Crippen molar-refractivity contribution >= 4 is 38.9 Å². The van der Waals surface area contributed by atoms with E-state index in [-0.39, 0.29) is 17.9 Å². The summed E-state index contributed by atoms with van der Waals surface area (Å²) in [6.45, 7) is -0.384. The molecule has 170 valence electrons. The van der Waals surface area contributed by atoms with Gasteiger partial charge in [-0.1, -0.05) is 41.1 Å². The fourth-order valence-corrected chi connectivity index (χ4v) is 4.85. The van der Waals surface area contributed by atoms with Gasteiger partial charge in [0.05, 0.1) is 21.5 Å². The lowest BCUT2D eigenvalue weighted by Crippen LogP contribution is -2.13. The minimum atomic E-state index is -0.613. The number of hydrogen-bond donors (Lipinski definition) is 2. The molecular formula is C25H16ClFN2O4S. The first-order chi connectivity index (χ1) is 16.4. The van der Waals surface area contributed by atoms with Crippen LogP contribution in [0.5, 0.6) is 17.4 Å². The van der Waals surface area contributed by atoms with Crippen molar-refractivity contribution in [2.24, 2.45) is 0 Å². The van der Waals surface area contributed by atoms with Crippen LogP contribution in [0, 0.1) is 5.82 Å². The fraction of sp³-hybridized carbons (Fsp3) is 0.0400. The second-order valence-electron chi connectivity index (χ2n) is 7.37. The van der Waals surface area contributed by atoms with Crippen LogP contribution in [0.4, 0.5) is 4.39 Å². The molecular weight excluding hydrogens is 479 g/mol. The molecule has 0 aliphatic carbocycles. The van der Waals surface area contributed by atoms with Gasteiger partial charge < -0.3 is 14.9 Å². The first kappa shape index (κ1) is 21.9. The maximum absolute atomic E-state index is 13.6. The molecule has 6 nitrogen and oxygen atoms in total. The molecule has 2 N–H and O–H groups in total. The molecule has 2 heterocycles. The molecule has 0 saturated carbocycles. The van der Waals surface area contributed by atoms with Crippen molar-refractivity contribution in [3.05, 3.63) is 89.2 Å². The zero-order valence-corrected chi connectivity index (χ0v) is 19.0. The van der Waals surface area contributed by atoms with Crippen LogP contribution in [0.25, 0.3) is 26.6 Å². The minimum absolute atomic E-state index is 0.155. The van der Waals surface area contributed by atoms with E-state index in [0.29, 0.717) is 27.0 Å². The average Bonchev–Trinajstić information content (AvgIpc) is 3.36. The molecule has 0 spiro atoms. The molecule has 5 aromatic rings. The van der Waals surface area contributed by atoms with Crippen LogP contribution in [0.1, 0.15) is 10.4 Å². The lowest BCUT2D eigenvalue weighted by atomic mass is 10.0. The number of rotatable bonds is 6. The van der Waals surface area contributed by atoms with Crippen LogP contribution in [-0.2, 0) is 0 Å². The third kappa shape index (κ3) is 3.98. The molecule has 5 rings (SSSR count). The van der Waals surface area contributed by atoms with Gasteiger partial charge in [0.2, 0.25) is 11.7 Å². The van der Waals surface area contributed by atoms with Gasteiger partial charge in [-0.2, -0.15) is 0 Å². The summed E-state index contributed by atoms with van der Waals surface area (Å²) in [5.74, 6) is -1.74. The second-order valence-corrected chi connectivity index (χ2v) is 8.82. The Morgan fingerprint density at radius 3 is 2.53 bits per heavy atom. The SMILES string of the molecule is O=C(COc1ccccc1)c1c(O)c(O)n(-c2nc3ccc(Cl)cc3s2)c1-c1ccc(F)cc1. The number of carbonyl (C=O) groups excluding carboxylic acids is 1. The average molecular weight is 495 g/mol.